The van der Waals surface area contributed by atoms with Crippen molar-refractivity contribution >= 4 is 0 Å². The topological polar surface area (TPSA) is 60.0 Å². The largest absolute Gasteiger partial charge is 0.339 e. The van der Waals surface area contributed by atoms with Crippen LogP contribution in [0.15, 0.2) is 47.5 Å². The molecule has 0 unspecified atom stereocenters. The van der Waals surface area contributed by atoms with Crippen molar-refractivity contribution < 1.29 is 4.52 Å². The summed E-state index contributed by atoms with van der Waals surface area (Å²) in [4.78, 5) is 10.6. The van der Waals surface area contributed by atoms with Gasteiger partial charge in [0.05, 0.1) is 12.9 Å². The van der Waals surface area contributed by atoms with Crippen molar-refractivity contribution in [2.24, 2.45) is 0 Å². The van der Waals surface area contributed by atoms with Gasteiger partial charge < -0.3 is 9.09 Å². The van der Waals surface area contributed by atoms with Crippen molar-refractivity contribution in [3.8, 4) is 5.69 Å². The van der Waals surface area contributed by atoms with Gasteiger partial charge in [-0.15, -0.1) is 0 Å². The highest BCUT2D eigenvalue weighted by atomic mass is 16.5. The highest BCUT2D eigenvalue weighted by Crippen LogP contribution is 2.14. The number of aromatic nitrogens is 4. The minimum Gasteiger partial charge on any atom is -0.339 e. The van der Waals surface area contributed by atoms with Crippen molar-refractivity contribution in [1.29, 1.82) is 0 Å². The van der Waals surface area contributed by atoms with Crippen LogP contribution in [0.4, 0.5) is 0 Å². The Morgan fingerprint density at radius 2 is 1.96 bits per heavy atom. The molecule has 0 amide bonds. The van der Waals surface area contributed by atoms with Crippen molar-refractivity contribution in [3.63, 3.8) is 0 Å². The molecule has 3 rings (SSSR count). The summed E-state index contributed by atoms with van der Waals surface area (Å²) in [7, 11) is 2.05. The lowest BCUT2D eigenvalue weighted by Crippen LogP contribution is -2.18. The number of imidazole rings is 1. The van der Waals surface area contributed by atoms with E-state index < -0.39 is 0 Å². The maximum atomic E-state index is 5.24. The van der Waals surface area contributed by atoms with Crippen LogP contribution in [-0.4, -0.2) is 31.6 Å². The maximum Gasteiger partial charge on any atom is 0.229 e. The molecule has 0 radical (unpaired) electrons. The van der Waals surface area contributed by atoms with E-state index in [4.69, 9.17) is 4.52 Å². The Labute approximate surface area is 135 Å². The fraction of sp³-hybridized carbons (Fsp3) is 0.353. The zero-order chi connectivity index (χ0) is 16.2. The summed E-state index contributed by atoms with van der Waals surface area (Å²) in [5.41, 5.74) is 2.34. The first-order valence-corrected chi connectivity index (χ1v) is 7.70. The van der Waals surface area contributed by atoms with E-state index >= 15 is 0 Å². The molecule has 2 heterocycles. The van der Waals surface area contributed by atoms with Gasteiger partial charge >= 0.3 is 0 Å². The predicted octanol–water partition coefficient (Wildman–Crippen LogP) is 3.01. The third-order valence-corrected chi connectivity index (χ3v) is 3.58. The summed E-state index contributed by atoms with van der Waals surface area (Å²) in [6.45, 7) is 5.58. The molecular weight excluding hydrogens is 290 g/mol. The van der Waals surface area contributed by atoms with Crippen molar-refractivity contribution in [2.75, 3.05) is 7.05 Å². The Morgan fingerprint density at radius 1 is 1.17 bits per heavy atom. The number of hydrogen-bond donors (Lipinski definition) is 0. The quantitative estimate of drug-likeness (QED) is 0.700. The van der Waals surface area contributed by atoms with Crippen LogP contribution in [-0.2, 0) is 13.1 Å². The third kappa shape index (κ3) is 3.84. The van der Waals surface area contributed by atoms with Gasteiger partial charge in [-0.25, -0.2) is 4.98 Å². The first-order chi connectivity index (χ1) is 11.1. The van der Waals surface area contributed by atoms with Crippen LogP contribution >= 0.6 is 0 Å². The molecule has 23 heavy (non-hydrogen) atoms. The van der Waals surface area contributed by atoms with Gasteiger partial charge in [0, 0.05) is 30.5 Å². The average Bonchev–Trinajstić information content (AvgIpc) is 3.19. The fourth-order valence-corrected chi connectivity index (χ4v) is 2.36. The molecule has 1 aromatic carbocycles. The van der Waals surface area contributed by atoms with Gasteiger partial charge in [-0.2, -0.15) is 4.98 Å². The van der Waals surface area contributed by atoms with E-state index in [1.807, 2.05) is 24.6 Å². The monoisotopic (exact) mass is 311 g/mol. The minimum absolute atomic E-state index is 0.261. The SMILES string of the molecule is CC(C)c1nc(CN(C)Cc2ccc(-n3ccnc3)cc2)no1. The molecule has 2 aromatic heterocycles. The zero-order valence-corrected chi connectivity index (χ0v) is 13.7. The Hall–Kier alpha value is -2.47. The summed E-state index contributed by atoms with van der Waals surface area (Å²) in [6.07, 6.45) is 5.51. The van der Waals surface area contributed by atoms with Gasteiger partial charge in [0.25, 0.3) is 0 Å². The molecule has 0 spiro atoms. The van der Waals surface area contributed by atoms with Crippen LogP contribution < -0.4 is 0 Å². The molecule has 0 fully saturated rings. The Kier molecular flexibility index (Phi) is 4.52. The van der Waals surface area contributed by atoms with Crippen molar-refractivity contribution in [1.82, 2.24) is 24.6 Å². The molecule has 0 aliphatic rings. The summed E-state index contributed by atoms with van der Waals surface area (Å²) in [6, 6.07) is 8.44. The van der Waals surface area contributed by atoms with Crippen LogP contribution in [0.3, 0.4) is 0 Å². The lowest BCUT2D eigenvalue weighted by molar-refractivity contribution is 0.298. The molecule has 6 heteroatoms. The number of hydrogen-bond acceptors (Lipinski definition) is 5. The standard InChI is InChI=1S/C17H21N5O/c1-13(2)17-19-16(20-23-17)11-21(3)10-14-4-6-15(7-5-14)22-9-8-18-12-22/h4-9,12-13H,10-11H2,1-3H3. The van der Waals surface area contributed by atoms with E-state index in [-0.39, 0.29) is 5.92 Å². The molecule has 0 aliphatic carbocycles. The first-order valence-electron chi connectivity index (χ1n) is 7.70. The number of benzene rings is 1. The van der Waals surface area contributed by atoms with E-state index in [1.54, 1.807) is 12.5 Å². The summed E-state index contributed by atoms with van der Waals surface area (Å²) < 4.78 is 7.22. The van der Waals surface area contributed by atoms with Gasteiger partial charge in [-0.3, -0.25) is 4.90 Å². The van der Waals surface area contributed by atoms with Gasteiger partial charge in [-0.05, 0) is 24.7 Å². The smallest absolute Gasteiger partial charge is 0.229 e. The van der Waals surface area contributed by atoms with Gasteiger partial charge in [0.15, 0.2) is 5.82 Å². The predicted molar refractivity (Wildman–Crippen MR) is 87.1 cm³/mol. The lowest BCUT2D eigenvalue weighted by Gasteiger charge is -2.14. The molecule has 0 atom stereocenters. The Bertz CT molecular complexity index is 731. The highest BCUT2D eigenvalue weighted by molar-refractivity contribution is 5.34. The number of rotatable bonds is 6. The molecule has 0 saturated heterocycles. The number of nitrogens with zero attached hydrogens (tertiary/aromatic N) is 5. The Morgan fingerprint density at radius 3 is 2.57 bits per heavy atom. The second kappa shape index (κ2) is 6.75. The van der Waals surface area contributed by atoms with E-state index in [0.717, 1.165) is 18.1 Å². The normalized spacial score (nSPS) is 11.5. The second-order valence-electron chi connectivity index (χ2n) is 6.01. The maximum absolute atomic E-state index is 5.24. The van der Waals surface area contributed by atoms with E-state index in [1.165, 1.54) is 5.56 Å². The molecule has 0 aliphatic heterocycles. The van der Waals surface area contributed by atoms with Crippen LogP contribution in [0.5, 0.6) is 0 Å². The van der Waals surface area contributed by atoms with Crippen LogP contribution in [0.1, 0.15) is 37.0 Å². The fourth-order valence-electron chi connectivity index (χ4n) is 2.36. The third-order valence-electron chi connectivity index (χ3n) is 3.58. The van der Waals surface area contributed by atoms with Crippen molar-refractivity contribution in [3.05, 3.63) is 60.3 Å². The van der Waals surface area contributed by atoms with Gasteiger partial charge in [0.1, 0.15) is 0 Å². The first kappa shape index (κ1) is 15.4. The van der Waals surface area contributed by atoms with Crippen LogP contribution in [0.2, 0.25) is 0 Å². The van der Waals surface area contributed by atoms with E-state index in [2.05, 4.69) is 51.3 Å². The molecule has 0 bridgehead atoms. The average molecular weight is 311 g/mol. The lowest BCUT2D eigenvalue weighted by atomic mass is 10.2. The van der Waals surface area contributed by atoms with Gasteiger partial charge in [0.2, 0.25) is 5.89 Å². The summed E-state index contributed by atoms with van der Waals surface area (Å²) >= 11 is 0. The minimum atomic E-state index is 0.261. The zero-order valence-electron chi connectivity index (χ0n) is 13.7. The molecule has 3 aromatic rings. The molecule has 6 nitrogen and oxygen atoms in total. The van der Waals surface area contributed by atoms with Crippen LogP contribution in [0.25, 0.3) is 5.69 Å². The van der Waals surface area contributed by atoms with Crippen LogP contribution in [0, 0.1) is 0 Å². The van der Waals surface area contributed by atoms with Crippen molar-refractivity contribution in [2.45, 2.75) is 32.9 Å². The van der Waals surface area contributed by atoms with Gasteiger partial charge in [-0.1, -0.05) is 31.1 Å². The second-order valence-corrected chi connectivity index (χ2v) is 6.01. The Balaban J connectivity index is 1.60. The molecule has 0 N–H and O–H groups in total. The van der Waals surface area contributed by atoms with E-state index in [0.29, 0.717) is 12.4 Å². The summed E-state index contributed by atoms with van der Waals surface area (Å²) in [5.74, 6) is 1.68. The molecule has 0 saturated carbocycles. The summed E-state index contributed by atoms with van der Waals surface area (Å²) in [5, 5.41) is 4.03. The van der Waals surface area contributed by atoms with E-state index in [9.17, 15) is 0 Å². The highest BCUT2D eigenvalue weighted by Gasteiger charge is 2.11. The molecular formula is C17H21N5O. The molecule has 120 valence electrons.